The van der Waals surface area contributed by atoms with E-state index in [4.69, 9.17) is 14.2 Å². The average molecular weight is 550 g/mol. The van der Waals surface area contributed by atoms with E-state index in [2.05, 4.69) is 49.7 Å². The molecule has 0 bridgehead atoms. The zero-order valence-corrected chi connectivity index (χ0v) is 23.4. The van der Waals surface area contributed by atoms with E-state index in [1.54, 1.807) is 0 Å². The fraction of sp³-hybridized carbons (Fsp3) is 0.862. The number of carbonyl (C=O) groups is 2. The third-order valence-corrected chi connectivity index (χ3v) is 12.5. The van der Waals surface area contributed by atoms with Crippen LogP contribution in [0.25, 0.3) is 0 Å². The molecule has 0 N–H and O–H groups in total. The number of esters is 1. The molecule has 6 aliphatic rings. The van der Waals surface area contributed by atoms with E-state index in [1.807, 2.05) is 0 Å². The first-order valence-corrected chi connectivity index (χ1v) is 14.8. The van der Waals surface area contributed by atoms with Gasteiger partial charge in [0.05, 0.1) is 17.5 Å². The molecule has 6 heteroatoms. The van der Waals surface area contributed by atoms with Crippen LogP contribution in [0.4, 0.5) is 0 Å². The zero-order valence-electron chi connectivity index (χ0n) is 21.8. The van der Waals surface area contributed by atoms with Crippen molar-refractivity contribution in [3.8, 4) is 0 Å². The predicted octanol–water partition coefficient (Wildman–Crippen LogP) is 5.84. The normalized spacial score (nSPS) is 55.0. The summed E-state index contributed by atoms with van der Waals surface area (Å²) in [5.74, 6) is 1.66. The number of hydrogen-bond acceptors (Lipinski definition) is 5. The molecule has 12 atom stereocenters. The molecular formula is C29H41BrO5. The summed E-state index contributed by atoms with van der Waals surface area (Å²) in [4.78, 5) is 25.8. The van der Waals surface area contributed by atoms with Gasteiger partial charge in [-0.2, -0.15) is 0 Å². The smallest absolute Gasteiger partial charge is 0.302 e. The summed E-state index contributed by atoms with van der Waals surface area (Å²) in [6.07, 6.45) is 9.26. The summed E-state index contributed by atoms with van der Waals surface area (Å²) >= 11 is 3.92. The molecule has 6 unspecified atom stereocenters. The lowest BCUT2D eigenvalue weighted by Gasteiger charge is -2.56. The average Bonchev–Trinajstić information content (AvgIpc) is 3.24. The Labute approximate surface area is 218 Å². The molecule has 0 amide bonds. The standard InChI is InChI=1S/C29H41BrO5/c1-15-10-24(30)29(33-14-15)16(2)26-23(35-29)12-22-20-7-6-18-11-19(34-17(3)31)8-9-27(18,4)21(20)13-25(32)28(22,26)5/h13,15-16,18-20,22-24,26H,6-12,14H2,1-5H3/t15?,16?,18-,19-,20?,22?,23-,24?,26-,27-,28+,29?/m0/s1. The van der Waals surface area contributed by atoms with E-state index in [1.165, 1.54) is 12.5 Å². The van der Waals surface area contributed by atoms with Crippen LogP contribution in [0.2, 0.25) is 0 Å². The highest BCUT2D eigenvalue weighted by Crippen LogP contribution is 2.69. The van der Waals surface area contributed by atoms with Gasteiger partial charge in [-0.3, -0.25) is 9.59 Å². The maximum Gasteiger partial charge on any atom is 0.302 e. The van der Waals surface area contributed by atoms with Crippen molar-refractivity contribution in [1.29, 1.82) is 0 Å². The Balaban J connectivity index is 1.30. The Bertz CT molecular complexity index is 963. The van der Waals surface area contributed by atoms with Crippen LogP contribution in [0.15, 0.2) is 11.6 Å². The Hall–Kier alpha value is -0.720. The molecule has 3 saturated carbocycles. The highest BCUT2D eigenvalue weighted by Gasteiger charge is 2.71. The number of carbonyl (C=O) groups excluding carboxylic acids is 2. The van der Waals surface area contributed by atoms with Crippen LogP contribution >= 0.6 is 15.9 Å². The van der Waals surface area contributed by atoms with Crippen LogP contribution < -0.4 is 0 Å². The Morgan fingerprint density at radius 1 is 1.14 bits per heavy atom. The van der Waals surface area contributed by atoms with Gasteiger partial charge in [-0.25, -0.2) is 0 Å². The molecule has 35 heavy (non-hydrogen) atoms. The Kier molecular flexibility index (Phi) is 5.72. The van der Waals surface area contributed by atoms with Crippen LogP contribution in [0, 0.1) is 46.3 Å². The minimum Gasteiger partial charge on any atom is -0.463 e. The van der Waals surface area contributed by atoms with Gasteiger partial charge in [-0.15, -0.1) is 0 Å². The van der Waals surface area contributed by atoms with E-state index < -0.39 is 5.79 Å². The molecule has 5 fully saturated rings. The number of allylic oxidation sites excluding steroid dienone is 2. The predicted molar refractivity (Wildman–Crippen MR) is 136 cm³/mol. The molecule has 1 spiro atoms. The van der Waals surface area contributed by atoms with E-state index in [0.29, 0.717) is 29.5 Å². The summed E-state index contributed by atoms with van der Waals surface area (Å²) in [5.41, 5.74) is 1.04. The maximum atomic E-state index is 14.1. The van der Waals surface area contributed by atoms with Gasteiger partial charge in [0.15, 0.2) is 11.6 Å². The van der Waals surface area contributed by atoms with Gasteiger partial charge in [0, 0.05) is 24.2 Å². The van der Waals surface area contributed by atoms with Crippen molar-refractivity contribution >= 4 is 27.7 Å². The van der Waals surface area contributed by atoms with Crippen molar-refractivity contribution in [3.05, 3.63) is 11.6 Å². The van der Waals surface area contributed by atoms with E-state index in [9.17, 15) is 9.59 Å². The minimum atomic E-state index is -0.612. The molecule has 2 aliphatic heterocycles. The molecule has 2 heterocycles. The van der Waals surface area contributed by atoms with Crippen molar-refractivity contribution in [3.63, 3.8) is 0 Å². The first kappa shape index (κ1) is 24.6. The molecule has 0 aromatic rings. The molecule has 194 valence electrons. The second-order valence-corrected chi connectivity index (χ2v) is 14.3. The van der Waals surface area contributed by atoms with Crippen LogP contribution in [0.1, 0.15) is 79.6 Å². The van der Waals surface area contributed by atoms with Crippen molar-refractivity contribution in [2.45, 2.75) is 102 Å². The van der Waals surface area contributed by atoms with Crippen molar-refractivity contribution in [2.75, 3.05) is 6.61 Å². The lowest BCUT2D eigenvalue weighted by atomic mass is 9.48. The highest BCUT2D eigenvalue weighted by molar-refractivity contribution is 9.09. The topological polar surface area (TPSA) is 61.8 Å². The van der Waals surface area contributed by atoms with E-state index >= 15 is 0 Å². The number of alkyl halides is 1. The first-order valence-electron chi connectivity index (χ1n) is 13.9. The number of fused-ring (bicyclic) bond motifs is 7. The number of ketones is 1. The number of ether oxygens (including phenoxy) is 3. The second kappa shape index (κ2) is 8.14. The summed E-state index contributed by atoms with van der Waals surface area (Å²) in [7, 11) is 0. The maximum absolute atomic E-state index is 14.1. The van der Waals surface area contributed by atoms with Gasteiger partial charge < -0.3 is 14.2 Å². The number of rotatable bonds is 1. The molecule has 0 radical (unpaired) electrons. The molecular weight excluding hydrogens is 508 g/mol. The lowest BCUT2D eigenvalue weighted by Crippen LogP contribution is -2.56. The molecule has 0 aromatic carbocycles. The van der Waals surface area contributed by atoms with E-state index in [0.717, 1.165) is 51.6 Å². The van der Waals surface area contributed by atoms with Crippen molar-refractivity contribution in [1.82, 2.24) is 0 Å². The van der Waals surface area contributed by atoms with Gasteiger partial charge in [0.25, 0.3) is 0 Å². The summed E-state index contributed by atoms with van der Waals surface area (Å²) in [6, 6.07) is 0. The minimum absolute atomic E-state index is 0.0268. The molecule has 6 rings (SSSR count). The van der Waals surface area contributed by atoms with Crippen LogP contribution in [-0.2, 0) is 23.8 Å². The fourth-order valence-electron chi connectivity index (χ4n) is 9.70. The largest absolute Gasteiger partial charge is 0.463 e. The van der Waals surface area contributed by atoms with Gasteiger partial charge >= 0.3 is 5.97 Å². The van der Waals surface area contributed by atoms with Gasteiger partial charge in [-0.1, -0.05) is 49.2 Å². The van der Waals surface area contributed by atoms with Crippen LogP contribution in [-0.4, -0.2) is 41.2 Å². The van der Waals surface area contributed by atoms with Gasteiger partial charge in [0.1, 0.15) is 6.10 Å². The first-order chi connectivity index (χ1) is 16.5. The van der Waals surface area contributed by atoms with Crippen LogP contribution in [0.3, 0.4) is 0 Å². The second-order valence-electron chi connectivity index (χ2n) is 13.2. The summed E-state index contributed by atoms with van der Waals surface area (Å²) < 4.78 is 18.9. The SMILES string of the molecule is CC(=O)O[C@H]1CC[C@]2(C)C3=CC(=O)[C@@]4(C)C(C[C@@H]5OC6(OCC(C)CC6Br)C(C)[C@@H]54)C3CC[C@H]2C1. The fourth-order valence-corrected chi connectivity index (χ4v) is 11.0. The van der Waals surface area contributed by atoms with Crippen LogP contribution in [0.5, 0.6) is 0 Å². The number of hydrogen-bond donors (Lipinski definition) is 0. The highest BCUT2D eigenvalue weighted by atomic mass is 79.9. The molecule has 5 nitrogen and oxygen atoms in total. The third-order valence-electron chi connectivity index (χ3n) is 11.5. The number of halogens is 1. The summed E-state index contributed by atoms with van der Waals surface area (Å²) in [5, 5.41) is 0. The summed E-state index contributed by atoms with van der Waals surface area (Å²) in [6.45, 7) is 11.4. The third kappa shape index (κ3) is 3.30. The van der Waals surface area contributed by atoms with E-state index in [-0.39, 0.29) is 45.7 Å². The zero-order chi connectivity index (χ0) is 24.9. The Morgan fingerprint density at radius 3 is 2.63 bits per heavy atom. The monoisotopic (exact) mass is 548 g/mol. The van der Waals surface area contributed by atoms with Crippen molar-refractivity contribution < 1.29 is 23.8 Å². The lowest BCUT2D eigenvalue weighted by molar-refractivity contribution is -0.266. The van der Waals surface area contributed by atoms with Crippen molar-refractivity contribution in [2.24, 2.45) is 46.3 Å². The molecule has 0 aromatic heterocycles. The molecule has 2 saturated heterocycles. The molecule has 4 aliphatic carbocycles. The Morgan fingerprint density at radius 2 is 1.91 bits per heavy atom. The quantitative estimate of drug-likeness (QED) is 0.304. The van der Waals surface area contributed by atoms with Gasteiger partial charge in [-0.05, 0) is 80.1 Å². The van der Waals surface area contributed by atoms with Gasteiger partial charge in [0.2, 0.25) is 0 Å².